The molecule has 0 aliphatic heterocycles. The number of aryl methyl sites for hydroxylation is 1. The maximum Gasteiger partial charge on any atom is 0.166 e. The summed E-state index contributed by atoms with van der Waals surface area (Å²) >= 11 is 0. The van der Waals surface area contributed by atoms with Crippen molar-refractivity contribution >= 4 is 16.7 Å². The molecule has 0 unspecified atom stereocenters. The quantitative estimate of drug-likeness (QED) is 0.411. The summed E-state index contributed by atoms with van der Waals surface area (Å²) in [6.07, 6.45) is 5.40. The van der Waals surface area contributed by atoms with Gasteiger partial charge in [0.05, 0.1) is 25.9 Å². The Bertz CT molecular complexity index is 1290. The zero-order valence-corrected chi connectivity index (χ0v) is 18.0. The molecule has 0 radical (unpaired) electrons. The summed E-state index contributed by atoms with van der Waals surface area (Å²) in [5.41, 5.74) is 2.03. The van der Waals surface area contributed by atoms with Gasteiger partial charge in [0.1, 0.15) is 11.5 Å². The molecular formula is C24H22FN3O4. The number of halogens is 1. The number of Topliss-reactive ketones (excluding diaryl/α,β-unsaturated/α-hetero) is 1. The van der Waals surface area contributed by atoms with E-state index in [0.29, 0.717) is 33.7 Å². The Labute approximate surface area is 184 Å². The zero-order chi connectivity index (χ0) is 22.7. The third kappa shape index (κ3) is 4.54. The van der Waals surface area contributed by atoms with E-state index in [-0.39, 0.29) is 24.4 Å². The fraction of sp³-hybridized carbons (Fsp3) is 0.208. The van der Waals surface area contributed by atoms with Gasteiger partial charge in [0.2, 0.25) is 0 Å². The fourth-order valence-electron chi connectivity index (χ4n) is 3.47. The Morgan fingerprint density at radius 3 is 2.41 bits per heavy atom. The third-order valence-electron chi connectivity index (χ3n) is 4.98. The van der Waals surface area contributed by atoms with Crippen LogP contribution in [0.5, 0.6) is 23.0 Å². The molecule has 0 atom stereocenters. The molecule has 8 heteroatoms. The van der Waals surface area contributed by atoms with E-state index >= 15 is 0 Å². The average Bonchev–Trinajstić information content (AvgIpc) is 3.19. The lowest BCUT2D eigenvalue weighted by Gasteiger charge is -2.13. The molecule has 0 bridgehead atoms. The van der Waals surface area contributed by atoms with Crippen LogP contribution in [0.4, 0.5) is 4.39 Å². The van der Waals surface area contributed by atoms with Crippen molar-refractivity contribution in [1.29, 1.82) is 0 Å². The molecule has 32 heavy (non-hydrogen) atoms. The first-order chi connectivity index (χ1) is 15.5. The van der Waals surface area contributed by atoms with Crippen molar-refractivity contribution in [3.8, 4) is 23.0 Å². The number of carbonyl (C=O) groups is 1. The summed E-state index contributed by atoms with van der Waals surface area (Å²) < 4.78 is 32.9. The van der Waals surface area contributed by atoms with E-state index in [0.717, 1.165) is 5.56 Å². The molecule has 2 heterocycles. The number of carbonyl (C=O) groups excluding carboxylic acids is 1. The minimum absolute atomic E-state index is 0.0211. The van der Waals surface area contributed by atoms with Gasteiger partial charge in [-0.25, -0.2) is 4.39 Å². The molecule has 2 aromatic heterocycles. The average molecular weight is 435 g/mol. The van der Waals surface area contributed by atoms with E-state index in [1.165, 1.54) is 19.2 Å². The van der Waals surface area contributed by atoms with Crippen LogP contribution in [0, 0.1) is 5.82 Å². The number of pyridine rings is 1. The number of fused-ring (bicyclic) bond motifs is 1. The standard InChI is InChI=1S/C24H22FN3O4/c1-28-14-16(13-27-28)9-17(29)8-15-4-5-22(19(25)10-15)32-21-6-7-26-20-12-24(31-3)23(30-2)11-18(20)21/h4-7,10-14H,8-9H2,1-3H3. The molecule has 0 saturated carbocycles. The molecule has 2 aromatic carbocycles. The Balaban J connectivity index is 1.54. The van der Waals surface area contributed by atoms with E-state index in [9.17, 15) is 9.18 Å². The van der Waals surface area contributed by atoms with Gasteiger partial charge in [-0.05, 0) is 35.4 Å². The molecule has 0 N–H and O–H groups in total. The SMILES string of the molecule is COc1cc2nccc(Oc3ccc(CC(=O)Cc4cnn(C)c4)cc3F)c2cc1OC. The molecule has 0 fully saturated rings. The molecular weight excluding hydrogens is 413 g/mol. The summed E-state index contributed by atoms with van der Waals surface area (Å²) in [7, 11) is 4.87. The van der Waals surface area contributed by atoms with Crippen molar-refractivity contribution in [2.75, 3.05) is 14.2 Å². The Hall–Kier alpha value is -3.94. The first-order valence-corrected chi connectivity index (χ1v) is 9.93. The molecule has 164 valence electrons. The van der Waals surface area contributed by atoms with Gasteiger partial charge in [0.15, 0.2) is 23.1 Å². The molecule has 0 aliphatic rings. The molecule has 0 amide bonds. The van der Waals surface area contributed by atoms with Crippen LogP contribution in [-0.4, -0.2) is 34.8 Å². The van der Waals surface area contributed by atoms with Gasteiger partial charge in [-0.1, -0.05) is 6.07 Å². The summed E-state index contributed by atoms with van der Waals surface area (Å²) in [6.45, 7) is 0. The van der Waals surface area contributed by atoms with Crippen LogP contribution in [0.25, 0.3) is 10.9 Å². The van der Waals surface area contributed by atoms with Crippen LogP contribution >= 0.6 is 0 Å². The van der Waals surface area contributed by atoms with Crippen LogP contribution in [-0.2, 0) is 24.7 Å². The number of ketones is 1. The molecule has 4 rings (SSSR count). The van der Waals surface area contributed by atoms with Gasteiger partial charge < -0.3 is 14.2 Å². The normalized spacial score (nSPS) is 10.9. The maximum absolute atomic E-state index is 14.8. The molecule has 7 nitrogen and oxygen atoms in total. The Morgan fingerprint density at radius 2 is 1.72 bits per heavy atom. The molecule has 4 aromatic rings. The van der Waals surface area contributed by atoms with Gasteiger partial charge in [-0.3, -0.25) is 14.5 Å². The smallest absolute Gasteiger partial charge is 0.166 e. The molecule has 0 aliphatic carbocycles. The molecule has 0 saturated heterocycles. The number of ether oxygens (including phenoxy) is 3. The zero-order valence-electron chi connectivity index (χ0n) is 18.0. The van der Waals surface area contributed by atoms with Crippen LogP contribution in [0.2, 0.25) is 0 Å². The fourth-order valence-corrected chi connectivity index (χ4v) is 3.47. The van der Waals surface area contributed by atoms with E-state index in [4.69, 9.17) is 14.2 Å². The van der Waals surface area contributed by atoms with Crippen molar-refractivity contribution in [3.63, 3.8) is 0 Å². The van der Waals surface area contributed by atoms with E-state index in [2.05, 4.69) is 10.1 Å². The first kappa shape index (κ1) is 21.3. The monoisotopic (exact) mass is 435 g/mol. The highest BCUT2D eigenvalue weighted by molar-refractivity contribution is 5.88. The van der Waals surface area contributed by atoms with E-state index in [1.807, 2.05) is 0 Å². The lowest BCUT2D eigenvalue weighted by atomic mass is 10.0. The van der Waals surface area contributed by atoms with Gasteiger partial charge in [0.25, 0.3) is 0 Å². The lowest BCUT2D eigenvalue weighted by molar-refractivity contribution is -0.117. The number of rotatable bonds is 8. The van der Waals surface area contributed by atoms with Crippen LogP contribution < -0.4 is 14.2 Å². The highest BCUT2D eigenvalue weighted by Crippen LogP contribution is 2.37. The largest absolute Gasteiger partial charge is 0.493 e. The molecule has 0 spiro atoms. The summed E-state index contributed by atoms with van der Waals surface area (Å²) in [4.78, 5) is 16.6. The Kier molecular flexibility index (Phi) is 6.02. The summed E-state index contributed by atoms with van der Waals surface area (Å²) in [5.74, 6) is 0.956. The maximum atomic E-state index is 14.8. The van der Waals surface area contributed by atoms with Gasteiger partial charge in [-0.2, -0.15) is 5.10 Å². The minimum Gasteiger partial charge on any atom is -0.493 e. The number of benzene rings is 2. The van der Waals surface area contributed by atoms with Gasteiger partial charge in [-0.15, -0.1) is 0 Å². The summed E-state index contributed by atoms with van der Waals surface area (Å²) in [5, 5.41) is 4.71. The second kappa shape index (κ2) is 9.05. The predicted octanol–water partition coefficient (Wildman–Crippen LogP) is 4.27. The van der Waals surface area contributed by atoms with Gasteiger partial charge in [0, 0.05) is 43.7 Å². The van der Waals surface area contributed by atoms with Crippen molar-refractivity contribution in [3.05, 3.63) is 71.9 Å². The first-order valence-electron chi connectivity index (χ1n) is 9.93. The van der Waals surface area contributed by atoms with E-state index < -0.39 is 5.82 Å². The third-order valence-corrected chi connectivity index (χ3v) is 4.98. The number of aromatic nitrogens is 3. The van der Waals surface area contributed by atoms with Crippen molar-refractivity contribution in [2.45, 2.75) is 12.8 Å². The highest BCUT2D eigenvalue weighted by Gasteiger charge is 2.14. The van der Waals surface area contributed by atoms with Crippen LogP contribution in [0.15, 0.2) is 55.0 Å². The van der Waals surface area contributed by atoms with Crippen molar-refractivity contribution in [2.24, 2.45) is 7.05 Å². The summed E-state index contributed by atoms with van der Waals surface area (Å²) in [6, 6.07) is 9.65. The highest BCUT2D eigenvalue weighted by atomic mass is 19.1. The van der Waals surface area contributed by atoms with Crippen LogP contribution in [0.1, 0.15) is 11.1 Å². The number of methoxy groups -OCH3 is 2. The van der Waals surface area contributed by atoms with Crippen LogP contribution in [0.3, 0.4) is 0 Å². The number of nitrogens with zero attached hydrogens (tertiary/aromatic N) is 3. The Morgan fingerprint density at radius 1 is 0.969 bits per heavy atom. The second-order valence-corrected chi connectivity index (χ2v) is 7.31. The minimum atomic E-state index is -0.554. The van der Waals surface area contributed by atoms with Gasteiger partial charge >= 0.3 is 0 Å². The predicted molar refractivity (Wildman–Crippen MR) is 117 cm³/mol. The number of hydrogen-bond donors (Lipinski definition) is 0. The second-order valence-electron chi connectivity index (χ2n) is 7.31. The van der Waals surface area contributed by atoms with Crippen molar-refractivity contribution in [1.82, 2.24) is 14.8 Å². The van der Waals surface area contributed by atoms with E-state index in [1.54, 1.807) is 61.7 Å². The topological polar surface area (TPSA) is 75.5 Å². The van der Waals surface area contributed by atoms with Crippen molar-refractivity contribution < 1.29 is 23.4 Å². The number of hydrogen-bond acceptors (Lipinski definition) is 6. The lowest BCUT2D eigenvalue weighted by Crippen LogP contribution is -2.06.